The van der Waals surface area contributed by atoms with Crippen molar-refractivity contribution in [3.63, 3.8) is 0 Å². The van der Waals surface area contributed by atoms with Crippen molar-refractivity contribution in [2.24, 2.45) is 5.14 Å². The Balaban J connectivity index is 2.29. The molecule has 0 aromatic heterocycles. The standard InChI is InChI=1S/C12H11FN2O3S/c13-8-1-3-9(4-2-8)18-12-6-5-10(7-11(12)14)19(15,16)17/h1-7H,14H2,(H2,15,16,17). The molecule has 100 valence electrons. The molecular weight excluding hydrogens is 271 g/mol. The maximum absolute atomic E-state index is 12.7. The Hall–Kier alpha value is -2.12. The number of benzene rings is 2. The van der Waals surface area contributed by atoms with E-state index >= 15 is 0 Å². The van der Waals surface area contributed by atoms with Crippen LogP contribution in [0.15, 0.2) is 47.4 Å². The quantitative estimate of drug-likeness (QED) is 0.840. The molecule has 0 aliphatic rings. The molecule has 0 saturated heterocycles. The highest BCUT2D eigenvalue weighted by atomic mass is 32.2. The summed E-state index contributed by atoms with van der Waals surface area (Å²) in [4.78, 5) is -0.101. The van der Waals surface area contributed by atoms with E-state index in [1.165, 1.54) is 42.5 Å². The van der Waals surface area contributed by atoms with Crippen LogP contribution >= 0.6 is 0 Å². The Morgan fingerprint density at radius 1 is 1.05 bits per heavy atom. The maximum Gasteiger partial charge on any atom is 0.238 e. The molecule has 0 aliphatic carbocycles. The van der Waals surface area contributed by atoms with Crippen LogP contribution in [-0.2, 0) is 10.0 Å². The van der Waals surface area contributed by atoms with Crippen LogP contribution in [0.5, 0.6) is 11.5 Å². The van der Waals surface area contributed by atoms with Crippen LogP contribution in [0.1, 0.15) is 0 Å². The van der Waals surface area contributed by atoms with Crippen LogP contribution in [0.2, 0.25) is 0 Å². The lowest BCUT2D eigenvalue weighted by molar-refractivity contribution is 0.482. The highest BCUT2D eigenvalue weighted by molar-refractivity contribution is 7.89. The molecule has 0 saturated carbocycles. The molecule has 0 radical (unpaired) electrons. The molecule has 0 bridgehead atoms. The van der Waals surface area contributed by atoms with Crippen LogP contribution in [-0.4, -0.2) is 8.42 Å². The molecule has 5 nitrogen and oxygen atoms in total. The van der Waals surface area contributed by atoms with Gasteiger partial charge < -0.3 is 10.5 Å². The van der Waals surface area contributed by atoms with E-state index in [2.05, 4.69) is 0 Å². The number of nitrogen functional groups attached to an aromatic ring is 1. The number of anilines is 1. The van der Waals surface area contributed by atoms with E-state index in [1.807, 2.05) is 0 Å². The van der Waals surface area contributed by atoms with Crippen molar-refractivity contribution in [3.05, 3.63) is 48.3 Å². The minimum Gasteiger partial charge on any atom is -0.455 e. The largest absolute Gasteiger partial charge is 0.455 e. The third-order valence-corrected chi connectivity index (χ3v) is 3.26. The first-order valence-corrected chi connectivity index (χ1v) is 6.76. The van der Waals surface area contributed by atoms with Gasteiger partial charge in [-0.05, 0) is 42.5 Å². The van der Waals surface area contributed by atoms with Crippen LogP contribution in [0.4, 0.5) is 10.1 Å². The molecule has 0 heterocycles. The van der Waals surface area contributed by atoms with E-state index in [-0.39, 0.29) is 22.1 Å². The van der Waals surface area contributed by atoms with Gasteiger partial charge in [0, 0.05) is 0 Å². The normalized spacial score (nSPS) is 11.3. The Kier molecular flexibility index (Phi) is 3.41. The molecule has 19 heavy (non-hydrogen) atoms. The zero-order chi connectivity index (χ0) is 14.0. The zero-order valence-electron chi connectivity index (χ0n) is 9.71. The Morgan fingerprint density at radius 2 is 1.68 bits per heavy atom. The average molecular weight is 282 g/mol. The van der Waals surface area contributed by atoms with Gasteiger partial charge in [0.2, 0.25) is 10.0 Å². The molecule has 0 aliphatic heterocycles. The monoisotopic (exact) mass is 282 g/mol. The third-order valence-electron chi connectivity index (χ3n) is 2.35. The summed E-state index contributed by atoms with van der Waals surface area (Å²) in [6.45, 7) is 0. The van der Waals surface area contributed by atoms with Crippen LogP contribution in [0, 0.1) is 5.82 Å². The lowest BCUT2D eigenvalue weighted by Gasteiger charge is -2.09. The SMILES string of the molecule is Nc1cc(S(N)(=O)=O)ccc1Oc1ccc(F)cc1. The fourth-order valence-electron chi connectivity index (χ4n) is 1.43. The second-order valence-corrected chi connectivity index (χ2v) is 5.36. The van der Waals surface area contributed by atoms with Crippen molar-refractivity contribution in [3.8, 4) is 11.5 Å². The fraction of sp³-hybridized carbons (Fsp3) is 0. The third kappa shape index (κ3) is 3.21. The number of sulfonamides is 1. The molecule has 0 atom stereocenters. The summed E-state index contributed by atoms with van der Waals surface area (Å²) in [5.41, 5.74) is 5.80. The van der Waals surface area contributed by atoms with Gasteiger partial charge in [0.05, 0.1) is 10.6 Å². The lowest BCUT2D eigenvalue weighted by atomic mass is 10.3. The second kappa shape index (κ2) is 4.87. The fourth-order valence-corrected chi connectivity index (χ4v) is 1.98. The predicted octanol–water partition coefficient (Wildman–Crippen LogP) is 1.85. The van der Waals surface area contributed by atoms with Gasteiger partial charge >= 0.3 is 0 Å². The number of hydrogen-bond donors (Lipinski definition) is 2. The van der Waals surface area contributed by atoms with Crippen molar-refractivity contribution in [1.82, 2.24) is 0 Å². The summed E-state index contributed by atoms with van der Waals surface area (Å²) in [6.07, 6.45) is 0. The van der Waals surface area contributed by atoms with E-state index in [1.54, 1.807) is 0 Å². The van der Waals surface area contributed by atoms with E-state index in [9.17, 15) is 12.8 Å². The highest BCUT2D eigenvalue weighted by Gasteiger charge is 2.11. The van der Waals surface area contributed by atoms with Crippen molar-refractivity contribution in [2.45, 2.75) is 4.90 Å². The van der Waals surface area contributed by atoms with Gasteiger partial charge in [0.25, 0.3) is 0 Å². The molecule has 4 N–H and O–H groups in total. The topological polar surface area (TPSA) is 95.4 Å². The molecule has 0 unspecified atom stereocenters. The molecule has 0 fully saturated rings. The molecule has 2 aromatic carbocycles. The molecule has 0 spiro atoms. The highest BCUT2D eigenvalue weighted by Crippen LogP contribution is 2.29. The number of halogens is 1. The average Bonchev–Trinajstić information content (AvgIpc) is 2.33. The number of nitrogens with two attached hydrogens (primary N) is 2. The van der Waals surface area contributed by atoms with Gasteiger partial charge in [-0.2, -0.15) is 0 Å². The number of rotatable bonds is 3. The first-order chi connectivity index (χ1) is 8.86. The van der Waals surface area contributed by atoms with Gasteiger partial charge in [-0.1, -0.05) is 0 Å². The molecule has 2 rings (SSSR count). The minimum atomic E-state index is -3.81. The van der Waals surface area contributed by atoms with E-state index < -0.39 is 10.0 Å². The molecule has 0 amide bonds. The van der Waals surface area contributed by atoms with Gasteiger partial charge in [-0.25, -0.2) is 17.9 Å². The van der Waals surface area contributed by atoms with Crippen molar-refractivity contribution >= 4 is 15.7 Å². The van der Waals surface area contributed by atoms with Crippen LogP contribution in [0.3, 0.4) is 0 Å². The Morgan fingerprint density at radius 3 is 2.21 bits per heavy atom. The summed E-state index contributed by atoms with van der Waals surface area (Å²) >= 11 is 0. The van der Waals surface area contributed by atoms with Crippen molar-refractivity contribution < 1.29 is 17.5 Å². The predicted molar refractivity (Wildman–Crippen MR) is 68.7 cm³/mol. The van der Waals surface area contributed by atoms with E-state index in [0.717, 1.165) is 0 Å². The Labute approximate surface area is 109 Å². The zero-order valence-corrected chi connectivity index (χ0v) is 10.5. The molecule has 2 aromatic rings. The van der Waals surface area contributed by atoms with Gasteiger partial charge in [0.15, 0.2) is 0 Å². The van der Waals surface area contributed by atoms with Gasteiger partial charge in [0.1, 0.15) is 17.3 Å². The van der Waals surface area contributed by atoms with Crippen LogP contribution < -0.4 is 15.6 Å². The summed E-state index contributed by atoms with van der Waals surface area (Å²) in [6, 6.07) is 9.22. The minimum absolute atomic E-state index is 0.101. The van der Waals surface area contributed by atoms with Gasteiger partial charge in [-0.3, -0.25) is 0 Å². The first kappa shape index (κ1) is 13.3. The maximum atomic E-state index is 12.7. The van der Waals surface area contributed by atoms with E-state index in [4.69, 9.17) is 15.6 Å². The summed E-state index contributed by atoms with van der Waals surface area (Å²) < 4.78 is 40.4. The number of ether oxygens (including phenoxy) is 1. The van der Waals surface area contributed by atoms with Crippen LogP contribution in [0.25, 0.3) is 0 Å². The van der Waals surface area contributed by atoms with Crippen molar-refractivity contribution in [2.75, 3.05) is 5.73 Å². The Bertz CT molecular complexity index is 699. The molecular formula is C12H11FN2O3S. The van der Waals surface area contributed by atoms with E-state index in [0.29, 0.717) is 5.75 Å². The van der Waals surface area contributed by atoms with Gasteiger partial charge in [-0.15, -0.1) is 0 Å². The summed E-state index contributed by atoms with van der Waals surface area (Å²) in [7, 11) is -3.81. The second-order valence-electron chi connectivity index (χ2n) is 3.80. The summed E-state index contributed by atoms with van der Waals surface area (Å²) in [5.74, 6) is 0.264. The van der Waals surface area contributed by atoms with Crippen molar-refractivity contribution in [1.29, 1.82) is 0 Å². The number of hydrogen-bond acceptors (Lipinski definition) is 4. The number of primary sulfonamides is 1. The smallest absolute Gasteiger partial charge is 0.238 e. The molecule has 7 heteroatoms. The lowest BCUT2D eigenvalue weighted by Crippen LogP contribution is -2.12. The summed E-state index contributed by atoms with van der Waals surface area (Å²) in [5, 5.41) is 4.98. The first-order valence-electron chi connectivity index (χ1n) is 5.22.